The van der Waals surface area contributed by atoms with Gasteiger partial charge in [-0.3, -0.25) is 4.79 Å². The summed E-state index contributed by atoms with van der Waals surface area (Å²) in [5.74, 6) is 2.24. The molecule has 0 aliphatic carbocycles. The molecule has 0 aliphatic heterocycles. The Morgan fingerprint density at radius 2 is 1.80 bits per heavy atom. The van der Waals surface area contributed by atoms with Gasteiger partial charge < -0.3 is 10.6 Å². The summed E-state index contributed by atoms with van der Waals surface area (Å²) in [7, 11) is 3.68. The number of rotatable bonds is 9. The number of hydrogen-bond donors (Lipinski definition) is 2. The maximum absolute atomic E-state index is 10.9. The molecule has 0 aromatic carbocycles. The van der Waals surface area contributed by atoms with Gasteiger partial charge in [-0.15, -0.1) is 0 Å². The van der Waals surface area contributed by atoms with Crippen molar-refractivity contribution in [2.45, 2.75) is 33.2 Å². The van der Waals surface area contributed by atoms with Crippen molar-refractivity contribution in [1.82, 2.24) is 10.6 Å². The Morgan fingerprint density at radius 1 is 1.20 bits per heavy atom. The fourth-order valence-corrected chi connectivity index (χ4v) is 2.69. The summed E-state index contributed by atoms with van der Waals surface area (Å²) in [5, 5.41) is 6.21. The molecule has 0 rings (SSSR count). The van der Waals surface area contributed by atoms with Crippen molar-refractivity contribution in [2.24, 2.45) is 0 Å². The summed E-state index contributed by atoms with van der Waals surface area (Å²) in [6, 6.07) is 0.569. The molecule has 15 heavy (non-hydrogen) atoms. The first-order valence-corrected chi connectivity index (χ1v) is 7.90. The molecule has 3 nitrogen and oxygen atoms in total. The van der Waals surface area contributed by atoms with Crippen molar-refractivity contribution in [1.29, 1.82) is 0 Å². The zero-order valence-corrected chi connectivity index (χ0v) is 11.5. The second kappa shape index (κ2) is 10.6. The lowest BCUT2D eigenvalue weighted by molar-refractivity contribution is -0.120. The Hall–Kier alpha value is 0.130. The molecule has 0 radical (unpaired) electrons. The molecule has 90 valence electrons. The van der Waals surface area contributed by atoms with Crippen LogP contribution < -0.4 is 10.6 Å². The smallest absolute Gasteiger partial charge is 0.219 e. The van der Waals surface area contributed by atoms with Crippen LogP contribution in [0.3, 0.4) is 0 Å². The predicted molar refractivity (Wildman–Crippen MR) is 71.4 cm³/mol. The summed E-state index contributed by atoms with van der Waals surface area (Å²) < 4.78 is 0. The van der Waals surface area contributed by atoms with Crippen LogP contribution in [-0.4, -0.2) is 36.5 Å². The SMILES string of the molecule is CCC(=O)NCCSSCCNC(C)C. The van der Waals surface area contributed by atoms with Gasteiger partial charge in [0.15, 0.2) is 0 Å². The van der Waals surface area contributed by atoms with E-state index >= 15 is 0 Å². The molecule has 0 aromatic heterocycles. The third kappa shape index (κ3) is 12.1. The van der Waals surface area contributed by atoms with Gasteiger partial charge in [-0.1, -0.05) is 42.4 Å². The molecule has 0 aliphatic rings. The highest BCUT2D eigenvalue weighted by atomic mass is 33.1. The molecule has 5 heteroatoms. The van der Waals surface area contributed by atoms with Gasteiger partial charge in [-0.2, -0.15) is 0 Å². The average molecular weight is 250 g/mol. The number of carbonyl (C=O) groups excluding carboxylic acids is 1. The number of nitrogens with one attached hydrogen (secondary N) is 2. The molecular weight excluding hydrogens is 228 g/mol. The average Bonchev–Trinajstić information content (AvgIpc) is 2.21. The fraction of sp³-hybridized carbons (Fsp3) is 0.900. The molecule has 1 amide bonds. The van der Waals surface area contributed by atoms with Crippen molar-refractivity contribution in [2.75, 3.05) is 24.6 Å². The Morgan fingerprint density at radius 3 is 2.33 bits per heavy atom. The molecule has 0 heterocycles. The molecule has 0 spiro atoms. The van der Waals surface area contributed by atoms with Crippen LogP contribution in [0.5, 0.6) is 0 Å². The first kappa shape index (κ1) is 15.1. The van der Waals surface area contributed by atoms with Gasteiger partial charge in [-0.05, 0) is 0 Å². The zero-order valence-electron chi connectivity index (χ0n) is 9.84. The Balaban J connectivity index is 3.02. The van der Waals surface area contributed by atoms with E-state index < -0.39 is 0 Å². The first-order valence-electron chi connectivity index (χ1n) is 5.41. The van der Waals surface area contributed by atoms with Crippen molar-refractivity contribution < 1.29 is 4.79 Å². The highest BCUT2D eigenvalue weighted by molar-refractivity contribution is 8.76. The van der Waals surface area contributed by atoms with E-state index in [1.54, 1.807) is 0 Å². The van der Waals surface area contributed by atoms with Crippen molar-refractivity contribution in [3.05, 3.63) is 0 Å². The van der Waals surface area contributed by atoms with Crippen molar-refractivity contribution in [3.63, 3.8) is 0 Å². The van der Waals surface area contributed by atoms with E-state index in [2.05, 4.69) is 24.5 Å². The Labute approximate surface area is 101 Å². The van der Waals surface area contributed by atoms with Gasteiger partial charge >= 0.3 is 0 Å². The predicted octanol–water partition coefficient (Wildman–Crippen LogP) is 1.89. The molecule has 0 unspecified atom stereocenters. The fourth-order valence-electron chi connectivity index (χ4n) is 0.864. The molecule has 2 N–H and O–H groups in total. The van der Waals surface area contributed by atoms with Crippen LogP contribution in [0.4, 0.5) is 0 Å². The van der Waals surface area contributed by atoms with E-state index in [0.29, 0.717) is 12.5 Å². The number of carbonyl (C=O) groups is 1. The lowest BCUT2D eigenvalue weighted by Gasteiger charge is -2.07. The van der Waals surface area contributed by atoms with Crippen LogP contribution in [0.2, 0.25) is 0 Å². The molecular formula is C10H22N2OS2. The number of hydrogen-bond acceptors (Lipinski definition) is 4. The highest BCUT2D eigenvalue weighted by Crippen LogP contribution is 2.19. The quantitative estimate of drug-likeness (QED) is 0.484. The van der Waals surface area contributed by atoms with Gasteiger partial charge in [0.2, 0.25) is 5.91 Å². The van der Waals surface area contributed by atoms with Gasteiger partial charge in [0.25, 0.3) is 0 Å². The summed E-state index contributed by atoms with van der Waals surface area (Å²) in [6.07, 6.45) is 0.579. The van der Waals surface area contributed by atoms with Crippen LogP contribution in [-0.2, 0) is 4.79 Å². The molecule has 0 bridgehead atoms. The lowest BCUT2D eigenvalue weighted by Crippen LogP contribution is -2.25. The Kier molecular flexibility index (Phi) is 10.7. The zero-order chi connectivity index (χ0) is 11.5. The Bertz CT molecular complexity index is 166. The molecule has 0 aromatic rings. The van der Waals surface area contributed by atoms with Gasteiger partial charge in [-0.25, -0.2) is 0 Å². The first-order chi connectivity index (χ1) is 7.16. The van der Waals surface area contributed by atoms with Crippen LogP contribution in [0, 0.1) is 0 Å². The molecule has 0 fully saturated rings. The second-order valence-corrected chi connectivity index (χ2v) is 6.16. The monoisotopic (exact) mass is 250 g/mol. The maximum atomic E-state index is 10.9. The topological polar surface area (TPSA) is 41.1 Å². The second-order valence-electron chi connectivity index (χ2n) is 3.46. The number of amides is 1. The minimum Gasteiger partial charge on any atom is -0.355 e. The van der Waals surface area contributed by atoms with Gasteiger partial charge in [0, 0.05) is 37.1 Å². The summed E-state index contributed by atoms with van der Waals surface area (Å²) in [5.41, 5.74) is 0. The molecule has 0 atom stereocenters. The maximum Gasteiger partial charge on any atom is 0.219 e. The minimum absolute atomic E-state index is 0.141. The third-order valence-electron chi connectivity index (χ3n) is 1.65. The van der Waals surface area contributed by atoms with E-state index in [-0.39, 0.29) is 5.91 Å². The molecule has 0 saturated heterocycles. The lowest BCUT2D eigenvalue weighted by atomic mass is 10.4. The summed E-state index contributed by atoms with van der Waals surface area (Å²) in [4.78, 5) is 10.9. The molecule has 0 saturated carbocycles. The van der Waals surface area contributed by atoms with E-state index in [0.717, 1.165) is 24.6 Å². The summed E-state index contributed by atoms with van der Waals surface area (Å²) >= 11 is 0. The van der Waals surface area contributed by atoms with Crippen LogP contribution in [0.25, 0.3) is 0 Å². The van der Waals surface area contributed by atoms with Crippen molar-refractivity contribution >= 4 is 27.5 Å². The van der Waals surface area contributed by atoms with E-state index in [1.807, 2.05) is 28.5 Å². The van der Waals surface area contributed by atoms with Crippen LogP contribution in [0.1, 0.15) is 27.2 Å². The van der Waals surface area contributed by atoms with E-state index in [4.69, 9.17) is 0 Å². The van der Waals surface area contributed by atoms with Crippen molar-refractivity contribution in [3.8, 4) is 0 Å². The van der Waals surface area contributed by atoms with Crippen LogP contribution >= 0.6 is 21.6 Å². The van der Waals surface area contributed by atoms with Gasteiger partial charge in [0.1, 0.15) is 0 Å². The summed E-state index contributed by atoms with van der Waals surface area (Å²) in [6.45, 7) is 8.00. The largest absolute Gasteiger partial charge is 0.355 e. The minimum atomic E-state index is 0.141. The van der Waals surface area contributed by atoms with E-state index in [9.17, 15) is 4.79 Å². The van der Waals surface area contributed by atoms with Crippen LogP contribution in [0.15, 0.2) is 0 Å². The van der Waals surface area contributed by atoms with Gasteiger partial charge in [0.05, 0.1) is 0 Å². The van der Waals surface area contributed by atoms with E-state index in [1.165, 1.54) is 0 Å². The standard InChI is InChI=1S/C10H22N2OS2/c1-4-10(13)12-6-8-15-14-7-5-11-9(2)3/h9,11H,4-8H2,1-3H3,(H,12,13). The third-order valence-corrected chi connectivity index (χ3v) is 4.06. The normalized spacial score (nSPS) is 10.7. The highest BCUT2D eigenvalue weighted by Gasteiger charge is 1.96.